The second kappa shape index (κ2) is 16.0. The van der Waals surface area contributed by atoms with Gasteiger partial charge in [0.2, 0.25) is 0 Å². The van der Waals surface area contributed by atoms with E-state index < -0.39 is 5.91 Å². The zero-order chi connectivity index (χ0) is 30.4. The molecule has 0 aliphatic heterocycles. The predicted molar refractivity (Wildman–Crippen MR) is 169 cm³/mol. The molecule has 0 saturated carbocycles. The van der Waals surface area contributed by atoms with Crippen molar-refractivity contribution in [3.8, 4) is 23.0 Å². The Morgan fingerprint density at radius 1 is 0.791 bits per heavy atom. The maximum atomic E-state index is 12.8. The normalized spacial score (nSPS) is 10.7. The van der Waals surface area contributed by atoms with Gasteiger partial charge in [-0.1, -0.05) is 48.5 Å². The molecule has 0 atom stereocenters. The van der Waals surface area contributed by atoms with E-state index in [1.807, 2.05) is 62.4 Å². The van der Waals surface area contributed by atoms with Crippen LogP contribution in [0.3, 0.4) is 0 Å². The predicted octanol–water partition coefficient (Wildman–Crippen LogP) is 6.61. The highest BCUT2D eigenvalue weighted by atomic mass is 79.9. The SMILES string of the molecule is CCOc1cc(C(=O)N/N=C/c2cc(Br)c(OCC(=O)Nc3ccccc3)c(OCC)c2)ccc1OCc1ccccc1. The molecular formula is C33H32BrN3O6. The average Bonchev–Trinajstić information content (AvgIpc) is 3.01. The van der Waals surface area contributed by atoms with Crippen molar-refractivity contribution in [3.05, 3.63) is 112 Å². The summed E-state index contributed by atoms with van der Waals surface area (Å²) < 4.78 is 23.7. The lowest BCUT2D eigenvalue weighted by molar-refractivity contribution is -0.118. The number of anilines is 1. The maximum Gasteiger partial charge on any atom is 0.271 e. The number of benzene rings is 4. The Balaban J connectivity index is 1.39. The molecule has 9 nitrogen and oxygen atoms in total. The number of amides is 2. The van der Waals surface area contributed by atoms with Crippen LogP contribution < -0.4 is 29.7 Å². The van der Waals surface area contributed by atoms with E-state index in [1.54, 1.807) is 42.5 Å². The van der Waals surface area contributed by atoms with Gasteiger partial charge >= 0.3 is 0 Å². The molecule has 0 saturated heterocycles. The molecule has 4 aromatic carbocycles. The number of carbonyl (C=O) groups is 2. The van der Waals surface area contributed by atoms with Crippen LogP contribution in [-0.4, -0.2) is 37.8 Å². The Labute approximate surface area is 258 Å². The van der Waals surface area contributed by atoms with E-state index in [4.69, 9.17) is 18.9 Å². The van der Waals surface area contributed by atoms with Gasteiger partial charge in [-0.15, -0.1) is 0 Å². The number of hydrazone groups is 1. The molecule has 10 heteroatoms. The number of halogens is 1. The van der Waals surface area contributed by atoms with Gasteiger partial charge in [0.25, 0.3) is 11.8 Å². The zero-order valence-electron chi connectivity index (χ0n) is 23.8. The monoisotopic (exact) mass is 645 g/mol. The molecular weight excluding hydrogens is 614 g/mol. The molecule has 0 heterocycles. The number of nitrogens with zero attached hydrogens (tertiary/aromatic N) is 1. The Morgan fingerprint density at radius 3 is 2.21 bits per heavy atom. The van der Waals surface area contributed by atoms with Crippen molar-refractivity contribution in [2.24, 2.45) is 5.10 Å². The van der Waals surface area contributed by atoms with Gasteiger partial charge in [0.05, 0.1) is 23.9 Å². The zero-order valence-corrected chi connectivity index (χ0v) is 25.4. The average molecular weight is 647 g/mol. The molecule has 43 heavy (non-hydrogen) atoms. The third kappa shape index (κ3) is 9.34. The molecule has 0 aliphatic carbocycles. The van der Waals surface area contributed by atoms with Gasteiger partial charge in [0.15, 0.2) is 29.6 Å². The Kier molecular flexibility index (Phi) is 11.6. The van der Waals surface area contributed by atoms with Crippen LogP contribution in [0.5, 0.6) is 23.0 Å². The van der Waals surface area contributed by atoms with Crippen LogP contribution in [0.4, 0.5) is 5.69 Å². The molecule has 4 aromatic rings. The third-order valence-corrected chi connectivity index (χ3v) is 6.45. The topological polar surface area (TPSA) is 107 Å². The lowest BCUT2D eigenvalue weighted by Crippen LogP contribution is -2.20. The van der Waals surface area contributed by atoms with E-state index in [1.165, 1.54) is 6.21 Å². The first-order valence-electron chi connectivity index (χ1n) is 13.7. The smallest absolute Gasteiger partial charge is 0.271 e. The number of nitrogens with one attached hydrogen (secondary N) is 2. The summed E-state index contributed by atoms with van der Waals surface area (Å²) >= 11 is 3.49. The number of rotatable bonds is 14. The van der Waals surface area contributed by atoms with E-state index in [9.17, 15) is 9.59 Å². The van der Waals surface area contributed by atoms with Crippen molar-refractivity contribution in [2.45, 2.75) is 20.5 Å². The molecule has 4 rings (SSSR count). The molecule has 0 aliphatic rings. The summed E-state index contributed by atoms with van der Waals surface area (Å²) in [6.07, 6.45) is 1.48. The van der Waals surface area contributed by atoms with Crippen LogP contribution in [-0.2, 0) is 11.4 Å². The molecule has 0 spiro atoms. The summed E-state index contributed by atoms with van der Waals surface area (Å²) in [7, 11) is 0. The van der Waals surface area contributed by atoms with Gasteiger partial charge in [-0.25, -0.2) is 5.43 Å². The molecule has 0 bridgehead atoms. The van der Waals surface area contributed by atoms with Crippen molar-refractivity contribution >= 4 is 39.6 Å². The largest absolute Gasteiger partial charge is 0.490 e. The molecule has 2 amide bonds. The van der Waals surface area contributed by atoms with Crippen LogP contribution in [0.25, 0.3) is 0 Å². The minimum Gasteiger partial charge on any atom is -0.490 e. The number of hydrogen-bond acceptors (Lipinski definition) is 7. The highest BCUT2D eigenvalue weighted by Crippen LogP contribution is 2.36. The molecule has 0 aromatic heterocycles. The van der Waals surface area contributed by atoms with Gasteiger partial charge in [-0.3, -0.25) is 9.59 Å². The summed E-state index contributed by atoms with van der Waals surface area (Å²) in [4.78, 5) is 25.2. The van der Waals surface area contributed by atoms with Gasteiger partial charge in [-0.2, -0.15) is 5.10 Å². The van der Waals surface area contributed by atoms with Crippen molar-refractivity contribution in [2.75, 3.05) is 25.1 Å². The fourth-order valence-corrected chi connectivity index (χ4v) is 4.50. The van der Waals surface area contributed by atoms with Crippen molar-refractivity contribution in [1.82, 2.24) is 5.43 Å². The number of para-hydroxylation sites is 1. The van der Waals surface area contributed by atoms with Crippen LogP contribution in [0.1, 0.15) is 35.3 Å². The molecule has 222 valence electrons. The van der Waals surface area contributed by atoms with Crippen LogP contribution in [0, 0.1) is 0 Å². The van der Waals surface area contributed by atoms with Crippen LogP contribution >= 0.6 is 15.9 Å². The van der Waals surface area contributed by atoms with E-state index >= 15 is 0 Å². The number of carbonyl (C=O) groups excluding carboxylic acids is 2. The van der Waals surface area contributed by atoms with Gasteiger partial charge < -0.3 is 24.3 Å². The number of ether oxygens (including phenoxy) is 4. The lowest BCUT2D eigenvalue weighted by atomic mass is 10.2. The van der Waals surface area contributed by atoms with E-state index in [2.05, 4.69) is 31.8 Å². The van der Waals surface area contributed by atoms with Crippen molar-refractivity contribution in [1.29, 1.82) is 0 Å². The Bertz CT molecular complexity index is 1550. The minimum atomic E-state index is -0.416. The molecule has 0 fully saturated rings. The van der Waals surface area contributed by atoms with E-state index in [0.29, 0.717) is 64.1 Å². The summed E-state index contributed by atoms with van der Waals surface area (Å²) in [5, 5.41) is 6.88. The van der Waals surface area contributed by atoms with E-state index in [-0.39, 0.29) is 12.5 Å². The standard InChI is InChI=1S/C33H32BrN3O6/c1-3-40-29-19-25(15-16-28(29)42-21-23-11-7-5-8-12-23)33(39)37-35-20-24-17-27(34)32(30(18-24)41-4-2)43-22-31(38)36-26-13-9-6-10-14-26/h5-20H,3-4,21-22H2,1-2H3,(H,36,38)(H,37,39)/b35-20+. The fourth-order valence-electron chi connectivity index (χ4n) is 3.92. The lowest BCUT2D eigenvalue weighted by Gasteiger charge is -2.14. The number of hydrogen-bond donors (Lipinski definition) is 2. The highest BCUT2D eigenvalue weighted by Gasteiger charge is 2.15. The van der Waals surface area contributed by atoms with Gasteiger partial charge in [-0.05, 0) is 83.4 Å². The molecule has 0 radical (unpaired) electrons. The summed E-state index contributed by atoms with van der Waals surface area (Å²) in [6, 6.07) is 27.3. The first-order chi connectivity index (χ1) is 21.0. The summed E-state index contributed by atoms with van der Waals surface area (Å²) in [5.74, 6) is 1.08. The Hall–Kier alpha value is -4.83. The van der Waals surface area contributed by atoms with Crippen molar-refractivity contribution in [3.63, 3.8) is 0 Å². The quantitative estimate of drug-likeness (QED) is 0.118. The van der Waals surface area contributed by atoms with Crippen LogP contribution in [0.2, 0.25) is 0 Å². The van der Waals surface area contributed by atoms with Gasteiger partial charge in [0.1, 0.15) is 6.61 Å². The minimum absolute atomic E-state index is 0.211. The second-order valence-electron chi connectivity index (χ2n) is 9.03. The van der Waals surface area contributed by atoms with Crippen LogP contribution in [0.15, 0.2) is 101 Å². The third-order valence-electron chi connectivity index (χ3n) is 5.86. The fraction of sp³-hybridized carbons (Fsp3) is 0.182. The first kappa shape index (κ1) is 31.1. The maximum absolute atomic E-state index is 12.8. The molecule has 0 unspecified atom stereocenters. The highest BCUT2D eigenvalue weighted by molar-refractivity contribution is 9.10. The van der Waals surface area contributed by atoms with E-state index in [0.717, 1.165) is 5.56 Å². The summed E-state index contributed by atoms with van der Waals surface area (Å²) in [6.45, 7) is 4.67. The molecule has 2 N–H and O–H groups in total. The second-order valence-corrected chi connectivity index (χ2v) is 9.89. The Morgan fingerprint density at radius 2 is 1.49 bits per heavy atom. The first-order valence-corrected chi connectivity index (χ1v) is 14.5. The van der Waals surface area contributed by atoms with Crippen molar-refractivity contribution < 1.29 is 28.5 Å². The summed E-state index contributed by atoms with van der Waals surface area (Å²) in [5.41, 5.74) is 5.23. The van der Waals surface area contributed by atoms with Gasteiger partial charge in [0, 0.05) is 11.3 Å².